The van der Waals surface area contributed by atoms with E-state index in [0.29, 0.717) is 29.3 Å². The minimum atomic E-state index is -3.06. The highest BCUT2D eigenvalue weighted by Crippen LogP contribution is 2.27. The normalized spacial score (nSPS) is 17.9. The van der Waals surface area contributed by atoms with Gasteiger partial charge in [-0.15, -0.1) is 0 Å². The van der Waals surface area contributed by atoms with Crippen LogP contribution in [0.2, 0.25) is 0 Å². The van der Waals surface area contributed by atoms with E-state index < -0.39 is 9.84 Å². The molecular weight excluding hydrogens is 394 g/mol. The fraction of sp³-hybridized carbons (Fsp3) is 0.316. The molecule has 2 aromatic heterocycles. The van der Waals surface area contributed by atoms with E-state index in [1.165, 1.54) is 0 Å². The summed E-state index contributed by atoms with van der Waals surface area (Å²) in [5, 5.41) is 14.1. The Labute approximate surface area is 168 Å². The Morgan fingerprint density at radius 2 is 2.03 bits per heavy atom. The minimum absolute atomic E-state index is 0.0304. The highest BCUT2D eigenvalue weighted by Gasteiger charge is 2.31. The zero-order valence-corrected chi connectivity index (χ0v) is 16.9. The van der Waals surface area contributed by atoms with Gasteiger partial charge in [0.2, 0.25) is 0 Å². The molecule has 29 heavy (non-hydrogen) atoms. The molecule has 1 aliphatic rings. The summed E-state index contributed by atoms with van der Waals surface area (Å²) in [6.07, 6.45) is 0.484. The Balaban J connectivity index is 1.52. The molecule has 0 radical (unpaired) electrons. The van der Waals surface area contributed by atoms with E-state index in [1.807, 2.05) is 24.3 Å². The van der Waals surface area contributed by atoms with Gasteiger partial charge in [0, 0.05) is 11.6 Å². The minimum Gasteiger partial charge on any atom is -0.497 e. The van der Waals surface area contributed by atoms with Gasteiger partial charge in [-0.1, -0.05) is 0 Å². The van der Waals surface area contributed by atoms with Gasteiger partial charge in [0.25, 0.3) is 5.91 Å². The Morgan fingerprint density at radius 1 is 1.28 bits per heavy atom. The summed E-state index contributed by atoms with van der Waals surface area (Å²) in [6.45, 7) is 1.80. The molecule has 10 heteroatoms. The second-order valence-corrected chi connectivity index (χ2v) is 9.25. The number of aromatic amines is 1. The van der Waals surface area contributed by atoms with Crippen LogP contribution < -0.4 is 10.1 Å². The van der Waals surface area contributed by atoms with Crippen molar-refractivity contribution >= 4 is 21.6 Å². The summed E-state index contributed by atoms with van der Waals surface area (Å²) in [4.78, 5) is 12.7. The fourth-order valence-corrected chi connectivity index (χ4v) is 5.08. The van der Waals surface area contributed by atoms with E-state index >= 15 is 0 Å². The maximum atomic E-state index is 12.7. The molecule has 3 heterocycles. The standard InChI is InChI=1S/C19H21N5O4S/c1-12-9-18(24(23-12)14-7-8-29(26,27)11-14)20-19(25)17-10-16(21-22-17)13-3-5-15(28-2)6-4-13/h3-6,9-10,14H,7-8,11H2,1-2H3,(H,20,25)(H,21,22)/t14-/m0/s1. The zero-order chi connectivity index (χ0) is 20.6. The van der Waals surface area contributed by atoms with Crippen LogP contribution in [0.3, 0.4) is 0 Å². The summed E-state index contributed by atoms with van der Waals surface area (Å²) in [5.74, 6) is 0.993. The lowest BCUT2D eigenvalue weighted by atomic mass is 10.1. The number of rotatable bonds is 5. The van der Waals surface area contributed by atoms with Gasteiger partial charge in [-0.2, -0.15) is 10.2 Å². The largest absolute Gasteiger partial charge is 0.497 e. The lowest BCUT2D eigenvalue weighted by Crippen LogP contribution is -2.19. The van der Waals surface area contributed by atoms with Crippen molar-refractivity contribution in [2.45, 2.75) is 19.4 Å². The van der Waals surface area contributed by atoms with Crippen LogP contribution in [0, 0.1) is 6.92 Å². The van der Waals surface area contributed by atoms with Crippen molar-refractivity contribution < 1.29 is 17.9 Å². The van der Waals surface area contributed by atoms with Gasteiger partial charge in [-0.25, -0.2) is 13.1 Å². The maximum absolute atomic E-state index is 12.7. The number of hydrogen-bond acceptors (Lipinski definition) is 6. The van der Waals surface area contributed by atoms with Crippen LogP contribution in [0.25, 0.3) is 11.3 Å². The first-order valence-electron chi connectivity index (χ1n) is 9.12. The van der Waals surface area contributed by atoms with Crippen LogP contribution in [-0.4, -0.2) is 52.9 Å². The highest BCUT2D eigenvalue weighted by molar-refractivity contribution is 7.91. The van der Waals surface area contributed by atoms with Gasteiger partial charge in [0.1, 0.15) is 17.3 Å². The van der Waals surface area contributed by atoms with Crippen molar-refractivity contribution in [3.63, 3.8) is 0 Å². The number of benzene rings is 1. The summed E-state index contributed by atoms with van der Waals surface area (Å²) in [5.41, 5.74) is 2.47. The molecule has 0 aliphatic carbocycles. The lowest BCUT2D eigenvalue weighted by molar-refractivity contribution is 0.102. The molecule has 1 saturated heterocycles. The summed E-state index contributed by atoms with van der Waals surface area (Å²) >= 11 is 0. The second kappa shape index (κ2) is 7.36. The molecule has 4 rings (SSSR count). The first-order valence-corrected chi connectivity index (χ1v) is 10.9. The number of sulfone groups is 1. The number of aromatic nitrogens is 4. The third-order valence-corrected chi connectivity index (χ3v) is 6.61. The van der Waals surface area contributed by atoms with E-state index in [-0.39, 0.29) is 23.5 Å². The Morgan fingerprint density at radius 3 is 2.69 bits per heavy atom. The Kier molecular flexibility index (Phi) is 4.87. The molecule has 1 atom stereocenters. The predicted molar refractivity (Wildman–Crippen MR) is 108 cm³/mol. The molecule has 1 aromatic carbocycles. The number of nitrogens with zero attached hydrogens (tertiary/aromatic N) is 3. The number of amides is 1. The monoisotopic (exact) mass is 415 g/mol. The maximum Gasteiger partial charge on any atom is 0.274 e. The highest BCUT2D eigenvalue weighted by atomic mass is 32.2. The van der Waals surface area contributed by atoms with Gasteiger partial charge in [0.15, 0.2) is 9.84 Å². The van der Waals surface area contributed by atoms with E-state index in [9.17, 15) is 13.2 Å². The SMILES string of the molecule is COc1ccc(-c2cc(C(=O)Nc3cc(C)nn3[C@H]3CCS(=O)(=O)C3)[nH]n2)cc1. The number of carbonyl (C=O) groups excluding carboxylic acids is 1. The smallest absolute Gasteiger partial charge is 0.274 e. The van der Waals surface area contributed by atoms with Gasteiger partial charge >= 0.3 is 0 Å². The van der Waals surface area contributed by atoms with Crippen LogP contribution in [-0.2, 0) is 9.84 Å². The summed E-state index contributed by atoms with van der Waals surface area (Å²) < 4.78 is 30.3. The molecule has 0 spiro atoms. The first-order chi connectivity index (χ1) is 13.8. The summed E-state index contributed by atoms with van der Waals surface area (Å²) in [7, 11) is -1.47. The third kappa shape index (κ3) is 4.02. The molecule has 1 aliphatic heterocycles. The van der Waals surface area contributed by atoms with Crippen molar-refractivity contribution in [3.05, 3.63) is 47.8 Å². The number of ether oxygens (including phenoxy) is 1. The van der Waals surface area contributed by atoms with Crippen LogP contribution in [0.15, 0.2) is 36.4 Å². The van der Waals surface area contributed by atoms with E-state index in [4.69, 9.17) is 4.74 Å². The van der Waals surface area contributed by atoms with Crippen LogP contribution in [0.4, 0.5) is 5.82 Å². The number of carbonyl (C=O) groups is 1. The average molecular weight is 415 g/mol. The topological polar surface area (TPSA) is 119 Å². The molecule has 9 nitrogen and oxygen atoms in total. The molecule has 2 N–H and O–H groups in total. The number of H-pyrrole nitrogens is 1. The molecule has 1 amide bonds. The molecule has 0 bridgehead atoms. The van der Waals surface area contributed by atoms with Gasteiger partial charge < -0.3 is 10.1 Å². The Bertz CT molecular complexity index is 1150. The Hall–Kier alpha value is -3.14. The number of nitrogens with one attached hydrogen (secondary N) is 2. The molecule has 1 fully saturated rings. The second-order valence-electron chi connectivity index (χ2n) is 7.02. The molecular formula is C19H21N5O4S. The molecule has 0 saturated carbocycles. The molecule has 152 valence electrons. The van der Waals surface area contributed by atoms with E-state index in [1.54, 1.807) is 30.8 Å². The zero-order valence-electron chi connectivity index (χ0n) is 16.0. The van der Waals surface area contributed by atoms with Gasteiger partial charge in [-0.05, 0) is 43.7 Å². The lowest BCUT2D eigenvalue weighted by Gasteiger charge is -2.13. The van der Waals surface area contributed by atoms with Crippen molar-refractivity contribution in [1.82, 2.24) is 20.0 Å². The van der Waals surface area contributed by atoms with Gasteiger partial charge in [-0.3, -0.25) is 9.89 Å². The van der Waals surface area contributed by atoms with Crippen molar-refractivity contribution in [3.8, 4) is 17.0 Å². The number of aryl methyl sites for hydroxylation is 1. The van der Waals surface area contributed by atoms with Crippen molar-refractivity contribution in [2.75, 3.05) is 23.9 Å². The molecule has 0 unspecified atom stereocenters. The van der Waals surface area contributed by atoms with Crippen LogP contribution in [0.5, 0.6) is 5.75 Å². The number of hydrogen-bond donors (Lipinski definition) is 2. The van der Waals surface area contributed by atoms with Crippen LogP contribution >= 0.6 is 0 Å². The van der Waals surface area contributed by atoms with Crippen molar-refractivity contribution in [2.24, 2.45) is 0 Å². The molecule has 3 aromatic rings. The third-order valence-electron chi connectivity index (χ3n) is 4.86. The fourth-order valence-electron chi connectivity index (χ4n) is 3.39. The number of anilines is 1. The van der Waals surface area contributed by atoms with Crippen LogP contribution in [0.1, 0.15) is 28.6 Å². The summed E-state index contributed by atoms with van der Waals surface area (Å²) in [6, 6.07) is 10.5. The first kappa shape index (κ1) is 19.2. The number of methoxy groups -OCH3 is 1. The quantitative estimate of drug-likeness (QED) is 0.659. The van der Waals surface area contributed by atoms with E-state index in [0.717, 1.165) is 11.3 Å². The van der Waals surface area contributed by atoms with Crippen molar-refractivity contribution in [1.29, 1.82) is 0 Å². The predicted octanol–water partition coefficient (Wildman–Crippen LogP) is 2.20. The van der Waals surface area contributed by atoms with Gasteiger partial charge in [0.05, 0.1) is 36.0 Å². The average Bonchev–Trinajstić information content (AvgIpc) is 3.40. The van der Waals surface area contributed by atoms with E-state index in [2.05, 4.69) is 20.6 Å².